The minimum Gasteiger partial charge on any atom is -0.314 e. The van der Waals surface area contributed by atoms with Crippen molar-refractivity contribution in [2.75, 3.05) is 7.05 Å². The van der Waals surface area contributed by atoms with E-state index in [4.69, 9.17) is 0 Å². The van der Waals surface area contributed by atoms with Gasteiger partial charge in [-0.05, 0) is 19.7 Å². The van der Waals surface area contributed by atoms with Gasteiger partial charge in [-0.3, -0.25) is 0 Å². The van der Waals surface area contributed by atoms with Crippen molar-refractivity contribution in [2.24, 2.45) is 5.92 Å². The van der Waals surface area contributed by atoms with Crippen molar-refractivity contribution in [1.29, 1.82) is 0 Å². The van der Waals surface area contributed by atoms with E-state index >= 15 is 0 Å². The van der Waals surface area contributed by atoms with E-state index in [1.54, 1.807) is 0 Å². The summed E-state index contributed by atoms with van der Waals surface area (Å²) in [4.78, 5) is 0. The van der Waals surface area contributed by atoms with Gasteiger partial charge in [-0.2, -0.15) is 0 Å². The Bertz CT molecular complexity index is 151. The molecule has 56 valence electrons. The molecule has 0 aromatic rings. The molecule has 1 nitrogen and oxygen atoms in total. The number of halogens is 1. The molecule has 0 spiro atoms. The summed E-state index contributed by atoms with van der Waals surface area (Å²) < 4.78 is 2.30. The summed E-state index contributed by atoms with van der Waals surface area (Å²) in [6, 6.07) is 0. The molecule has 0 aromatic carbocycles. The van der Waals surface area contributed by atoms with Gasteiger partial charge in [-0.1, -0.05) is 15.8 Å². The molecule has 0 aliphatic heterocycles. The van der Waals surface area contributed by atoms with Crippen LogP contribution in [0.3, 0.4) is 0 Å². The Morgan fingerprint density at radius 2 is 2.10 bits per heavy atom. The lowest BCUT2D eigenvalue weighted by Crippen LogP contribution is -2.24. The van der Waals surface area contributed by atoms with Crippen LogP contribution < -0.4 is 0 Å². The first kappa shape index (κ1) is 8.31. The largest absolute Gasteiger partial charge is 0.556 e. The fourth-order valence-corrected chi connectivity index (χ4v) is 1.39. The highest BCUT2D eigenvalue weighted by Crippen LogP contribution is 2.30. The van der Waals surface area contributed by atoms with Crippen molar-refractivity contribution in [3.8, 4) is 0 Å². The molecular formula is C7H14BBrN+. The van der Waals surface area contributed by atoms with Crippen LogP contribution in [0.2, 0.25) is 6.82 Å². The van der Waals surface area contributed by atoms with Gasteiger partial charge < -0.3 is 4.49 Å². The van der Waals surface area contributed by atoms with Crippen LogP contribution in [0.1, 0.15) is 19.8 Å². The summed E-state index contributed by atoms with van der Waals surface area (Å²) in [7, 11) is 2.15. The monoisotopic (exact) mass is 202 g/mol. The molecular weight excluding hydrogens is 189 g/mol. The van der Waals surface area contributed by atoms with Crippen LogP contribution >= 0.6 is 15.8 Å². The lowest BCUT2D eigenvalue weighted by molar-refractivity contribution is -0.348. The molecule has 3 heteroatoms. The van der Waals surface area contributed by atoms with Crippen LogP contribution in [0.4, 0.5) is 0 Å². The van der Waals surface area contributed by atoms with Crippen molar-refractivity contribution in [3.63, 3.8) is 0 Å². The molecule has 0 aromatic heterocycles. The Hall–Kier alpha value is 0.215. The normalized spacial score (nSPS) is 20.4. The van der Waals surface area contributed by atoms with Gasteiger partial charge in [0.05, 0.1) is 0 Å². The number of hydrogen-bond acceptors (Lipinski definition) is 0. The molecule has 0 radical (unpaired) electrons. The molecule has 0 atom stereocenters. The molecule has 0 saturated heterocycles. The highest BCUT2D eigenvalue weighted by Gasteiger charge is 2.31. The van der Waals surface area contributed by atoms with Gasteiger partial charge >= 0.3 is 5.67 Å². The van der Waals surface area contributed by atoms with Crippen LogP contribution in [0, 0.1) is 5.92 Å². The molecule has 0 unspecified atom stereocenters. The number of nitrogens with zero attached hydrogens (tertiary/aromatic N) is 1. The van der Waals surface area contributed by atoms with Crippen LogP contribution in [-0.4, -0.2) is 22.9 Å². The van der Waals surface area contributed by atoms with E-state index in [1.165, 1.54) is 18.6 Å². The van der Waals surface area contributed by atoms with Crippen molar-refractivity contribution in [2.45, 2.75) is 26.6 Å². The van der Waals surface area contributed by atoms with Crippen molar-refractivity contribution in [1.82, 2.24) is 0 Å². The lowest BCUT2D eigenvalue weighted by atomic mass is 9.97. The van der Waals surface area contributed by atoms with Gasteiger partial charge in [0.2, 0.25) is 0 Å². The van der Waals surface area contributed by atoms with Crippen LogP contribution in [0.15, 0.2) is 0 Å². The van der Waals surface area contributed by atoms with Gasteiger partial charge in [0, 0.05) is 12.8 Å². The van der Waals surface area contributed by atoms with Crippen LogP contribution in [-0.2, 0) is 0 Å². The summed E-state index contributed by atoms with van der Waals surface area (Å²) >= 11 is 3.54. The van der Waals surface area contributed by atoms with Crippen molar-refractivity contribution in [3.05, 3.63) is 0 Å². The van der Waals surface area contributed by atoms with E-state index in [1.807, 2.05) is 0 Å². The first-order chi connectivity index (χ1) is 4.63. The minimum atomic E-state index is 0.480. The molecule has 1 saturated carbocycles. The van der Waals surface area contributed by atoms with E-state index < -0.39 is 0 Å². The third-order valence-corrected chi connectivity index (χ3v) is 2.87. The van der Waals surface area contributed by atoms with E-state index in [9.17, 15) is 0 Å². The average Bonchev–Trinajstić information content (AvgIpc) is 2.65. The maximum Gasteiger partial charge on any atom is 0.556 e. The molecule has 1 rings (SSSR count). The number of hydrogen-bond donors (Lipinski definition) is 0. The molecule has 1 aliphatic carbocycles. The molecule has 1 aliphatic rings. The third kappa shape index (κ3) is 1.85. The molecule has 0 N–H and O–H groups in total. The summed E-state index contributed by atoms with van der Waals surface area (Å²) in [5, 5.41) is 0. The van der Waals surface area contributed by atoms with E-state index in [0.717, 1.165) is 5.92 Å². The second-order valence-electron chi connectivity index (χ2n) is 3.10. The molecule has 1 fully saturated rings. The van der Waals surface area contributed by atoms with Crippen molar-refractivity contribution < 1.29 is 4.49 Å². The fourth-order valence-electron chi connectivity index (χ4n) is 1.07. The highest BCUT2D eigenvalue weighted by molar-refractivity contribution is 9.24. The summed E-state index contributed by atoms with van der Waals surface area (Å²) in [6.07, 6.45) is 2.80. The molecule has 10 heavy (non-hydrogen) atoms. The Morgan fingerprint density at radius 3 is 2.40 bits per heavy atom. The van der Waals surface area contributed by atoms with Gasteiger partial charge in [-0.25, -0.2) is 0 Å². The maximum absolute atomic E-state index is 3.54. The first-order valence-electron chi connectivity index (χ1n) is 3.83. The zero-order chi connectivity index (χ0) is 7.72. The predicted molar refractivity (Wildman–Crippen MR) is 50.1 cm³/mol. The van der Waals surface area contributed by atoms with Gasteiger partial charge in [0.15, 0.2) is 0 Å². The third-order valence-electron chi connectivity index (χ3n) is 2.26. The van der Waals surface area contributed by atoms with E-state index in [-0.39, 0.29) is 0 Å². The lowest BCUT2D eigenvalue weighted by Gasteiger charge is -2.00. The van der Waals surface area contributed by atoms with Crippen LogP contribution in [0.5, 0.6) is 0 Å². The van der Waals surface area contributed by atoms with E-state index in [2.05, 4.69) is 41.0 Å². The van der Waals surface area contributed by atoms with Gasteiger partial charge in [-0.15, -0.1) is 0 Å². The summed E-state index contributed by atoms with van der Waals surface area (Å²) in [6.45, 7) is 4.39. The summed E-state index contributed by atoms with van der Waals surface area (Å²) in [5.74, 6) is 0.894. The Morgan fingerprint density at radius 1 is 1.60 bits per heavy atom. The Balaban J connectivity index is 2.62. The maximum atomic E-state index is 3.54. The second-order valence-corrected chi connectivity index (χ2v) is 4.43. The quantitative estimate of drug-likeness (QED) is 0.476. The summed E-state index contributed by atoms with van der Waals surface area (Å²) in [5.41, 5.74) is 2.01. The zero-order valence-corrected chi connectivity index (χ0v) is 8.48. The SMILES string of the molecule is CB(Br)/[N+](C)=C(/C)C1CC1. The smallest absolute Gasteiger partial charge is 0.314 e. The van der Waals surface area contributed by atoms with E-state index in [0.29, 0.717) is 5.67 Å². The predicted octanol–water partition coefficient (Wildman–Crippen LogP) is 2.01. The standard InChI is InChI=1S/C7H14BBrN/c1-6(7-4-5-7)10(3)8(2)9/h7H,4-5H2,1-3H3/q+1/b10-6-. The first-order valence-corrected chi connectivity index (χ1v) is 4.75. The molecule has 0 bridgehead atoms. The fraction of sp³-hybridized carbons (Fsp3) is 0.857. The number of rotatable bonds is 2. The molecule has 0 heterocycles. The second kappa shape index (κ2) is 3.08. The minimum absolute atomic E-state index is 0.480. The van der Waals surface area contributed by atoms with Gasteiger partial charge in [0.25, 0.3) is 0 Å². The van der Waals surface area contributed by atoms with Crippen molar-refractivity contribution >= 4 is 27.1 Å². The molecule has 0 amide bonds. The highest BCUT2D eigenvalue weighted by atomic mass is 79.9. The van der Waals surface area contributed by atoms with Gasteiger partial charge in [0.1, 0.15) is 12.8 Å². The zero-order valence-electron chi connectivity index (χ0n) is 6.89. The van der Waals surface area contributed by atoms with Crippen LogP contribution in [0.25, 0.3) is 0 Å². The Labute approximate surface area is 71.6 Å². The topological polar surface area (TPSA) is 3.01 Å². The average molecular weight is 203 g/mol. The Kier molecular flexibility index (Phi) is 2.56.